The number of hydrogen-bond acceptors (Lipinski definition) is 4. The van der Waals surface area contributed by atoms with Crippen LogP contribution in [-0.4, -0.2) is 45.5 Å². The summed E-state index contributed by atoms with van der Waals surface area (Å²) in [5.74, 6) is 0.542. The van der Waals surface area contributed by atoms with Gasteiger partial charge in [-0.15, -0.1) is 0 Å². The summed E-state index contributed by atoms with van der Waals surface area (Å²) in [4.78, 5) is 2.07. The Morgan fingerprint density at radius 1 is 1.60 bits per heavy atom. The van der Waals surface area contributed by atoms with Gasteiger partial charge in [-0.2, -0.15) is 5.10 Å². The number of likely N-dealkylation sites (N-methyl/N-ethyl adjacent to an activating group) is 1. The first-order valence-corrected chi connectivity index (χ1v) is 5.07. The molecule has 0 unspecified atom stereocenters. The van der Waals surface area contributed by atoms with Crippen molar-refractivity contribution in [3.8, 4) is 0 Å². The molecular weight excluding hydrogens is 192 g/mol. The lowest BCUT2D eigenvalue weighted by molar-refractivity contribution is 0.0435. The zero-order valence-electron chi connectivity index (χ0n) is 9.64. The largest absolute Gasteiger partial charge is 0.389 e. The van der Waals surface area contributed by atoms with Crippen LogP contribution in [0.1, 0.15) is 13.8 Å². The predicted octanol–water partition coefficient (Wildman–Crippen LogP) is 0.168. The smallest absolute Gasteiger partial charge is 0.145 e. The summed E-state index contributed by atoms with van der Waals surface area (Å²) in [7, 11) is 1.98. The van der Waals surface area contributed by atoms with Crippen molar-refractivity contribution in [3.63, 3.8) is 0 Å². The maximum atomic E-state index is 9.61. The molecule has 0 amide bonds. The Bertz CT molecular complexity index is 303. The number of nitrogen functional groups attached to an aromatic ring is 1. The van der Waals surface area contributed by atoms with Crippen LogP contribution in [0.15, 0.2) is 12.3 Å². The van der Waals surface area contributed by atoms with E-state index in [0.717, 1.165) is 13.1 Å². The zero-order chi connectivity index (χ0) is 11.5. The molecule has 0 fully saturated rings. The van der Waals surface area contributed by atoms with E-state index >= 15 is 0 Å². The molecule has 15 heavy (non-hydrogen) atoms. The van der Waals surface area contributed by atoms with Crippen molar-refractivity contribution in [2.45, 2.75) is 26.0 Å². The number of rotatable bonds is 5. The molecule has 1 aromatic heterocycles. The summed E-state index contributed by atoms with van der Waals surface area (Å²) in [6, 6.07) is 1.77. The minimum atomic E-state index is -0.655. The standard InChI is InChI=1S/C10H20N4O/c1-10(2,15)8-13(3)6-7-14-5-4-9(11)12-14/h4-5,15H,6-8H2,1-3H3,(H2,11,12). The molecule has 1 aromatic rings. The van der Waals surface area contributed by atoms with E-state index in [1.165, 1.54) is 0 Å². The summed E-state index contributed by atoms with van der Waals surface area (Å²) < 4.78 is 1.80. The Labute approximate surface area is 90.5 Å². The van der Waals surface area contributed by atoms with E-state index in [0.29, 0.717) is 12.4 Å². The zero-order valence-corrected chi connectivity index (χ0v) is 9.64. The van der Waals surface area contributed by atoms with Crippen LogP contribution >= 0.6 is 0 Å². The monoisotopic (exact) mass is 212 g/mol. The molecular formula is C10H20N4O. The van der Waals surface area contributed by atoms with E-state index in [1.807, 2.05) is 13.2 Å². The second-order valence-corrected chi connectivity index (χ2v) is 4.55. The van der Waals surface area contributed by atoms with E-state index in [2.05, 4.69) is 10.00 Å². The van der Waals surface area contributed by atoms with Gasteiger partial charge in [-0.05, 0) is 27.0 Å². The molecule has 0 aliphatic rings. The normalized spacial score (nSPS) is 12.3. The van der Waals surface area contributed by atoms with Crippen molar-refractivity contribution in [2.75, 3.05) is 25.9 Å². The van der Waals surface area contributed by atoms with Gasteiger partial charge in [-0.1, -0.05) is 0 Å². The summed E-state index contributed by atoms with van der Waals surface area (Å²) >= 11 is 0. The topological polar surface area (TPSA) is 67.3 Å². The molecule has 0 bridgehead atoms. The summed E-state index contributed by atoms with van der Waals surface area (Å²) in [6.45, 7) is 5.86. The Morgan fingerprint density at radius 3 is 2.73 bits per heavy atom. The van der Waals surface area contributed by atoms with Crippen molar-refractivity contribution in [1.82, 2.24) is 14.7 Å². The first-order valence-electron chi connectivity index (χ1n) is 5.07. The van der Waals surface area contributed by atoms with E-state index in [4.69, 9.17) is 5.73 Å². The first kappa shape index (κ1) is 12.0. The molecule has 0 radical (unpaired) electrons. The van der Waals surface area contributed by atoms with Gasteiger partial charge < -0.3 is 15.7 Å². The number of aliphatic hydroxyl groups is 1. The Balaban J connectivity index is 2.31. The van der Waals surface area contributed by atoms with Crippen LogP contribution in [0.3, 0.4) is 0 Å². The van der Waals surface area contributed by atoms with Crippen LogP contribution < -0.4 is 5.73 Å². The van der Waals surface area contributed by atoms with Gasteiger partial charge in [0.2, 0.25) is 0 Å². The Morgan fingerprint density at radius 2 is 2.27 bits per heavy atom. The van der Waals surface area contributed by atoms with Crippen molar-refractivity contribution in [2.24, 2.45) is 0 Å². The molecule has 0 aliphatic carbocycles. The van der Waals surface area contributed by atoms with Crippen LogP contribution in [0.25, 0.3) is 0 Å². The maximum absolute atomic E-state index is 9.61. The third-order valence-electron chi connectivity index (χ3n) is 2.03. The molecule has 0 saturated heterocycles. The molecule has 0 atom stereocenters. The van der Waals surface area contributed by atoms with E-state index < -0.39 is 5.60 Å². The van der Waals surface area contributed by atoms with E-state index in [-0.39, 0.29) is 0 Å². The van der Waals surface area contributed by atoms with Crippen LogP contribution in [0, 0.1) is 0 Å². The minimum Gasteiger partial charge on any atom is -0.389 e. The van der Waals surface area contributed by atoms with Gasteiger partial charge in [-0.25, -0.2) is 0 Å². The molecule has 1 heterocycles. The fourth-order valence-corrected chi connectivity index (χ4v) is 1.51. The summed E-state index contributed by atoms with van der Waals surface area (Å²) in [6.07, 6.45) is 1.85. The molecule has 3 N–H and O–H groups in total. The molecule has 0 aromatic carbocycles. The predicted molar refractivity (Wildman–Crippen MR) is 60.4 cm³/mol. The lowest BCUT2D eigenvalue weighted by Crippen LogP contribution is -2.37. The van der Waals surface area contributed by atoms with Gasteiger partial charge in [0, 0.05) is 19.3 Å². The average molecular weight is 212 g/mol. The molecule has 0 aliphatic heterocycles. The first-order chi connectivity index (χ1) is 6.87. The lowest BCUT2D eigenvalue weighted by atomic mass is 10.1. The fourth-order valence-electron chi connectivity index (χ4n) is 1.51. The van der Waals surface area contributed by atoms with Gasteiger partial charge in [0.1, 0.15) is 5.82 Å². The summed E-state index contributed by atoms with van der Waals surface area (Å²) in [5, 5.41) is 13.7. The van der Waals surface area contributed by atoms with Crippen molar-refractivity contribution in [3.05, 3.63) is 12.3 Å². The molecule has 86 valence electrons. The highest BCUT2D eigenvalue weighted by molar-refractivity contribution is 5.23. The van der Waals surface area contributed by atoms with Crippen LogP contribution in [-0.2, 0) is 6.54 Å². The van der Waals surface area contributed by atoms with Crippen LogP contribution in [0.5, 0.6) is 0 Å². The van der Waals surface area contributed by atoms with Gasteiger partial charge in [0.25, 0.3) is 0 Å². The Hall–Kier alpha value is -1.07. The SMILES string of the molecule is CN(CCn1ccc(N)n1)CC(C)(C)O. The minimum absolute atomic E-state index is 0.542. The molecule has 5 nitrogen and oxygen atoms in total. The van der Waals surface area contributed by atoms with E-state index in [1.54, 1.807) is 24.6 Å². The fraction of sp³-hybridized carbons (Fsp3) is 0.700. The third-order valence-corrected chi connectivity index (χ3v) is 2.03. The van der Waals surface area contributed by atoms with Crippen LogP contribution in [0.2, 0.25) is 0 Å². The van der Waals surface area contributed by atoms with Crippen molar-refractivity contribution >= 4 is 5.82 Å². The molecule has 0 spiro atoms. The number of hydrogen-bond donors (Lipinski definition) is 2. The van der Waals surface area contributed by atoms with Gasteiger partial charge in [0.05, 0.1) is 12.1 Å². The molecule has 0 saturated carbocycles. The average Bonchev–Trinajstić information content (AvgIpc) is 2.45. The number of anilines is 1. The lowest BCUT2D eigenvalue weighted by Gasteiger charge is -2.25. The highest BCUT2D eigenvalue weighted by Gasteiger charge is 2.15. The van der Waals surface area contributed by atoms with Crippen LogP contribution in [0.4, 0.5) is 5.82 Å². The van der Waals surface area contributed by atoms with Gasteiger partial charge in [0.15, 0.2) is 0 Å². The highest BCUT2D eigenvalue weighted by Crippen LogP contribution is 2.03. The quantitative estimate of drug-likeness (QED) is 0.730. The van der Waals surface area contributed by atoms with Gasteiger partial charge >= 0.3 is 0 Å². The number of nitrogens with zero attached hydrogens (tertiary/aromatic N) is 3. The van der Waals surface area contributed by atoms with Gasteiger partial charge in [-0.3, -0.25) is 4.68 Å². The number of aromatic nitrogens is 2. The van der Waals surface area contributed by atoms with Crippen molar-refractivity contribution < 1.29 is 5.11 Å². The molecule has 5 heteroatoms. The Kier molecular flexibility index (Phi) is 3.71. The summed E-state index contributed by atoms with van der Waals surface area (Å²) in [5.41, 5.74) is 4.85. The van der Waals surface area contributed by atoms with E-state index in [9.17, 15) is 5.11 Å². The molecule has 1 rings (SSSR count). The highest BCUT2D eigenvalue weighted by atomic mass is 16.3. The second-order valence-electron chi connectivity index (χ2n) is 4.55. The second kappa shape index (κ2) is 4.63. The van der Waals surface area contributed by atoms with Crippen molar-refractivity contribution in [1.29, 1.82) is 0 Å². The maximum Gasteiger partial charge on any atom is 0.145 e. The third kappa shape index (κ3) is 4.80. The number of nitrogens with two attached hydrogens (primary N) is 1.